The number of thiazole rings is 1. The van der Waals surface area contributed by atoms with E-state index in [0.29, 0.717) is 23.4 Å². The Morgan fingerprint density at radius 3 is 2.75 bits per heavy atom. The normalized spacial score (nSPS) is 11.0. The molecule has 0 saturated carbocycles. The lowest BCUT2D eigenvalue weighted by molar-refractivity contribution is -0.118. The van der Waals surface area contributed by atoms with Crippen LogP contribution in [0.3, 0.4) is 0 Å². The second-order valence-electron chi connectivity index (χ2n) is 6.91. The quantitative estimate of drug-likeness (QED) is 0.476. The molecule has 0 fully saturated rings. The van der Waals surface area contributed by atoms with Crippen molar-refractivity contribution in [1.29, 1.82) is 0 Å². The van der Waals surface area contributed by atoms with Crippen LogP contribution >= 0.6 is 11.3 Å². The smallest absolute Gasteiger partial charge is 0.264 e. The van der Waals surface area contributed by atoms with Crippen LogP contribution in [0, 0.1) is 0 Å². The van der Waals surface area contributed by atoms with E-state index >= 15 is 0 Å². The Bertz CT molecular complexity index is 936. The molecule has 3 rings (SSSR count). The zero-order valence-corrected chi connectivity index (χ0v) is 17.3. The Labute approximate surface area is 169 Å². The van der Waals surface area contributed by atoms with Crippen molar-refractivity contribution in [2.24, 2.45) is 0 Å². The van der Waals surface area contributed by atoms with Crippen LogP contribution < -0.4 is 14.8 Å². The molecule has 0 saturated heterocycles. The first-order valence-electron chi connectivity index (χ1n) is 9.61. The number of nitrogens with one attached hydrogen (secondary N) is 1. The van der Waals surface area contributed by atoms with E-state index in [2.05, 4.69) is 37.1 Å². The van der Waals surface area contributed by atoms with Crippen LogP contribution in [-0.2, 0) is 4.79 Å². The van der Waals surface area contributed by atoms with Gasteiger partial charge in [-0.3, -0.25) is 10.1 Å². The molecule has 0 aliphatic carbocycles. The fraction of sp³-hybridized carbons (Fsp3) is 0.364. The van der Waals surface area contributed by atoms with Gasteiger partial charge in [0.1, 0.15) is 11.5 Å². The molecule has 1 aromatic heterocycles. The lowest BCUT2D eigenvalue weighted by Crippen LogP contribution is -2.20. The van der Waals surface area contributed by atoms with Crippen molar-refractivity contribution in [3.63, 3.8) is 0 Å². The van der Waals surface area contributed by atoms with E-state index in [4.69, 9.17) is 9.47 Å². The molecule has 1 amide bonds. The average Bonchev–Trinajstić information content (AvgIpc) is 3.08. The van der Waals surface area contributed by atoms with Crippen LogP contribution in [0.1, 0.15) is 45.1 Å². The first-order chi connectivity index (χ1) is 13.5. The molecule has 0 aliphatic heterocycles. The standard InChI is InChI=1S/C22H26N2O3S/c1-4-5-11-26-18-9-10-19-20(13-18)28-22(23-19)24-21(25)14-27-17-8-6-7-16(12-17)15(2)3/h6-10,12-13,15H,4-5,11,14H2,1-3H3,(H,23,24,25). The highest BCUT2D eigenvalue weighted by Gasteiger charge is 2.10. The number of benzene rings is 2. The highest BCUT2D eigenvalue weighted by Crippen LogP contribution is 2.29. The van der Waals surface area contributed by atoms with E-state index in [1.807, 2.05) is 36.4 Å². The number of hydrogen-bond acceptors (Lipinski definition) is 5. The van der Waals surface area contributed by atoms with Gasteiger partial charge in [-0.15, -0.1) is 0 Å². The highest BCUT2D eigenvalue weighted by molar-refractivity contribution is 7.22. The molecule has 1 heterocycles. The number of ether oxygens (including phenoxy) is 2. The molecule has 0 unspecified atom stereocenters. The zero-order chi connectivity index (χ0) is 19.9. The fourth-order valence-corrected chi connectivity index (χ4v) is 3.56. The van der Waals surface area contributed by atoms with Crippen LogP contribution in [-0.4, -0.2) is 24.1 Å². The number of unbranched alkanes of at least 4 members (excludes halogenated alkanes) is 1. The molecule has 6 heteroatoms. The van der Waals surface area contributed by atoms with Crippen LogP contribution in [0.15, 0.2) is 42.5 Å². The third-order valence-electron chi connectivity index (χ3n) is 4.27. The van der Waals surface area contributed by atoms with Crippen LogP contribution in [0.4, 0.5) is 5.13 Å². The Hall–Kier alpha value is -2.60. The van der Waals surface area contributed by atoms with Crippen LogP contribution in [0.25, 0.3) is 10.2 Å². The van der Waals surface area contributed by atoms with Gasteiger partial charge in [-0.25, -0.2) is 4.98 Å². The first kappa shape index (κ1) is 20.1. The van der Waals surface area contributed by atoms with E-state index in [-0.39, 0.29) is 12.5 Å². The summed E-state index contributed by atoms with van der Waals surface area (Å²) in [6.45, 7) is 7.04. The summed E-state index contributed by atoms with van der Waals surface area (Å²) in [4.78, 5) is 16.7. The summed E-state index contributed by atoms with van der Waals surface area (Å²) in [6, 6.07) is 13.6. The molecular formula is C22H26N2O3S. The predicted octanol–water partition coefficient (Wildman–Crippen LogP) is 5.62. The first-order valence-corrected chi connectivity index (χ1v) is 10.4. The van der Waals surface area contributed by atoms with Gasteiger partial charge < -0.3 is 9.47 Å². The molecule has 2 aromatic carbocycles. The summed E-state index contributed by atoms with van der Waals surface area (Å²) >= 11 is 1.43. The number of aromatic nitrogens is 1. The molecule has 148 valence electrons. The maximum Gasteiger partial charge on any atom is 0.264 e. The van der Waals surface area contributed by atoms with Crippen molar-refractivity contribution < 1.29 is 14.3 Å². The van der Waals surface area contributed by atoms with Crippen LogP contribution in [0.5, 0.6) is 11.5 Å². The molecule has 3 aromatic rings. The van der Waals surface area contributed by atoms with Gasteiger partial charge in [-0.1, -0.05) is 50.7 Å². The minimum atomic E-state index is -0.228. The van der Waals surface area contributed by atoms with E-state index in [1.54, 1.807) is 0 Å². The van der Waals surface area contributed by atoms with E-state index in [9.17, 15) is 4.79 Å². The Morgan fingerprint density at radius 2 is 1.96 bits per heavy atom. The lowest BCUT2D eigenvalue weighted by Gasteiger charge is -2.09. The number of anilines is 1. The number of carbonyl (C=O) groups excluding carboxylic acids is 1. The minimum Gasteiger partial charge on any atom is -0.494 e. The highest BCUT2D eigenvalue weighted by atomic mass is 32.1. The second-order valence-corrected chi connectivity index (χ2v) is 7.95. The van der Waals surface area contributed by atoms with Crippen molar-refractivity contribution >= 4 is 32.6 Å². The van der Waals surface area contributed by atoms with Crippen LogP contribution in [0.2, 0.25) is 0 Å². The Morgan fingerprint density at radius 1 is 1.14 bits per heavy atom. The van der Waals surface area contributed by atoms with E-state index in [0.717, 1.165) is 28.8 Å². The lowest BCUT2D eigenvalue weighted by atomic mass is 10.0. The number of hydrogen-bond donors (Lipinski definition) is 1. The topological polar surface area (TPSA) is 60.5 Å². The molecular weight excluding hydrogens is 372 g/mol. The summed E-state index contributed by atoms with van der Waals surface area (Å²) in [5.74, 6) is 1.71. The summed E-state index contributed by atoms with van der Waals surface area (Å²) in [5, 5.41) is 3.37. The minimum absolute atomic E-state index is 0.0527. The summed E-state index contributed by atoms with van der Waals surface area (Å²) in [7, 11) is 0. The van der Waals surface area contributed by atoms with Gasteiger partial charge in [0.2, 0.25) is 0 Å². The molecule has 0 spiro atoms. The summed E-state index contributed by atoms with van der Waals surface area (Å²) < 4.78 is 12.3. The number of nitrogens with zero attached hydrogens (tertiary/aromatic N) is 1. The Kier molecular flexibility index (Phi) is 6.87. The molecule has 0 aliphatic rings. The molecule has 5 nitrogen and oxygen atoms in total. The van der Waals surface area contributed by atoms with Crippen molar-refractivity contribution in [3.05, 3.63) is 48.0 Å². The van der Waals surface area contributed by atoms with Gasteiger partial charge in [0.15, 0.2) is 11.7 Å². The van der Waals surface area contributed by atoms with Crippen molar-refractivity contribution in [2.75, 3.05) is 18.5 Å². The number of amides is 1. The molecule has 0 bridgehead atoms. The summed E-state index contributed by atoms with van der Waals surface area (Å²) in [6.07, 6.45) is 2.13. The number of rotatable bonds is 9. The maximum atomic E-state index is 12.2. The van der Waals surface area contributed by atoms with Gasteiger partial charge in [0.05, 0.1) is 16.8 Å². The van der Waals surface area contributed by atoms with Gasteiger partial charge in [0, 0.05) is 0 Å². The number of carbonyl (C=O) groups is 1. The Balaban J connectivity index is 1.57. The monoisotopic (exact) mass is 398 g/mol. The largest absolute Gasteiger partial charge is 0.494 e. The van der Waals surface area contributed by atoms with Gasteiger partial charge in [-0.05, 0) is 48.2 Å². The van der Waals surface area contributed by atoms with Crippen molar-refractivity contribution in [1.82, 2.24) is 4.98 Å². The SMILES string of the molecule is CCCCOc1ccc2nc(NC(=O)COc3cccc(C(C)C)c3)sc2c1. The van der Waals surface area contributed by atoms with Gasteiger partial charge >= 0.3 is 0 Å². The molecule has 28 heavy (non-hydrogen) atoms. The fourth-order valence-electron chi connectivity index (χ4n) is 2.65. The van der Waals surface area contributed by atoms with Gasteiger partial charge in [-0.2, -0.15) is 0 Å². The number of fused-ring (bicyclic) bond motifs is 1. The average molecular weight is 399 g/mol. The summed E-state index contributed by atoms with van der Waals surface area (Å²) in [5.41, 5.74) is 2.02. The van der Waals surface area contributed by atoms with E-state index in [1.165, 1.54) is 16.9 Å². The zero-order valence-electron chi connectivity index (χ0n) is 16.5. The van der Waals surface area contributed by atoms with E-state index < -0.39 is 0 Å². The van der Waals surface area contributed by atoms with Gasteiger partial charge in [0.25, 0.3) is 5.91 Å². The van der Waals surface area contributed by atoms with Crippen molar-refractivity contribution in [3.8, 4) is 11.5 Å². The molecule has 1 N–H and O–H groups in total. The molecule has 0 atom stereocenters. The predicted molar refractivity (Wildman–Crippen MR) is 115 cm³/mol. The third-order valence-corrected chi connectivity index (χ3v) is 5.20. The molecule has 0 radical (unpaired) electrons. The van der Waals surface area contributed by atoms with Crippen molar-refractivity contribution in [2.45, 2.75) is 39.5 Å². The third kappa shape index (κ3) is 5.45. The second kappa shape index (κ2) is 9.55. The maximum absolute atomic E-state index is 12.2.